The molecule has 0 saturated carbocycles. The lowest BCUT2D eigenvalue weighted by molar-refractivity contribution is 0.821. The Hall–Kier alpha value is -1.75. The molecule has 0 aliphatic heterocycles. The number of benzene rings is 1. The molecule has 78 valence electrons. The van der Waals surface area contributed by atoms with E-state index in [4.69, 9.17) is 0 Å². The molecule has 2 heterocycles. The van der Waals surface area contributed by atoms with Gasteiger partial charge in [0.05, 0.1) is 17.4 Å². The number of rotatable bonds is 1. The molecule has 0 radical (unpaired) electrons. The number of hydrogen-bond donors (Lipinski definition) is 0. The number of halogens is 1. The predicted octanol–water partition coefficient (Wildman–Crippen LogP) is 2.58. The Labute approximate surface area is 100 Å². The van der Waals surface area contributed by atoms with E-state index >= 15 is 0 Å². The highest BCUT2D eigenvalue weighted by atomic mass is 79.9. The van der Waals surface area contributed by atoms with Crippen LogP contribution >= 0.6 is 15.9 Å². The van der Waals surface area contributed by atoms with Crippen LogP contribution in [-0.4, -0.2) is 20.0 Å². The second-order valence-corrected chi connectivity index (χ2v) is 4.17. The zero-order chi connectivity index (χ0) is 11.0. The number of nitrogens with zero attached hydrogens (tertiary/aromatic N) is 4. The highest BCUT2D eigenvalue weighted by molar-refractivity contribution is 9.10. The van der Waals surface area contributed by atoms with Gasteiger partial charge in [-0.25, -0.2) is 4.68 Å². The summed E-state index contributed by atoms with van der Waals surface area (Å²) in [4.78, 5) is 4.01. The van der Waals surface area contributed by atoms with Crippen molar-refractivity contribution in [2.45, 2.75) is 0 Å². The van der Waals surface area contributed by atoms with Crippen LogP contribution < -0.4 is 0 Å². The normalized spacial score (nSPS) is 10.8. The molecule has 0 amide bonds. The predicted molar refractivity (Wildman–Crippen MR) is 64.4 cm³/mol. The van der Waals surface area contributed by atoms with Crippen molar-refractivity contribution in [2.75, 3.05) is 0 Å². The first-order chi connectivity index (χ1) is 7.86. The minimum atomic E-state index is 0.790. The SMILES string of the molecule is Brc1ccccc1-n1nnc2cnccc21. The Morgan fingerprint density at radius 1 is 1.12 bits per heavy atom. The molecule has 3 rings (SSSR count). The summed E-state index contributed by atoms with van der Waals surface area (Å²) in [7, 11) is 0. The monoisotopic (exact) mass is 274 g/mol. The van der Waals surface area contributed by atoms with Crippen molar-refractivity contribution >= 4 is 27.0 Å². The summed E-state index contributed by atoms with van der Waals surface area (Å²) >= 11 is 3.50. The van der Waals surface area contributed by atoms with Gasteiger partial charge in [-0.1, -0.05) is 17.3 Å². The van der Waals surface area contributed by atoms with Gasteiger partial charge in [-0.2, -0.15) is 0 Å². The molecule has 0 saturated heterocycles. The Balaban J connectivity index is 2.31. The van der Waals surface area contributed by atoms with Crippen molar-refractivity contribution in [2.24, 2.45) is 0 Å². The summed E-state index contributed by atoms with van der Waals surface area (Å²) in [6, 6.07) is 9.79. The molecule has 0 bridgehead atoms. The molecule has 0 spiro atoms. The van der Waals surface area contributed by atoms with Crippen molar-refractivity contribution < 1.29 is 0 Å². The molecular weight excluding hydrogens is 268 g/mol. The molecule has 0 fully saturated rings. The Bertz CT molecular complexity index is 647. The van der Waals surface area contributed by atoms with Crippen LogP contribution in [0.4, 0.5) is 0 Å². The smallest absolute Gasteiger partial charge is 0.131 e. The summed E-state index contributed by atoms with van der Waals surface area (Å²) in [5, 5.41) is 8.19. The first-order valence-electron chi connectivity index (χ1n) is 4.76. The van der Waals surface area contributed by atoms with Gasteiger partial charge in [0.2, 0.25) is 0 Å². The number of aromatic nitrogens is 4. The van der Waals surface area contributed by atoms with E-state index in [0.717, 1.165) is 21.2 Å². The molecular formula is C11H7BrN4. The third-order valence-electron chi connectivity index (χ3n) is 2.33. The summed E-state index contributed by atoms with van der Waals surface area (Å²) in [5.41, 5.74) is 2.70. The van der Waals surface area contributed by atoms with Gasteiger partial charge in [-0.05, 0) is 34.1 Å². The quantitative estimate of drug-likeness (QED) is 0.685. The summed E-state index contributed by atoms with van der Waals surface area (Å²) in [6.45, 7) is 0. The van der Waals surface area contributed by atoms with Gasteiger partial charge in [0.1, 0.15) is 5.52 Å². The number of fused-ring (bicyclic) bond motifs is 1. The van der Waals surface area contributed by atoms with Crippen LogP contribution in [-0.2, 0) is 0 Å². The largest absolute Gasteiger partial charge is 0.262 e. The van der Waals surface area contributed by atoms with Crippen LogP contribution in [0.5, 0.6) is 0 Å². The van der Waals surface area contributed by atoms with Crippen LogP contribution in [0, 0.1) is 0 Å². The van der Waals surface area contributed by atoms with Gasteiger partial charge in [0, 0.05) is 10.7 Å². The van der Waals surface area contributed by atoms with E-state index < -0.39 is 0 Å². The van der Waals surface area contributed by atoms with Gasteiger partial charge in [0.15, 0.2) is 0 Å². The van der Waals surface area contributed by atoms with Gasteiger partial charge < -0.3 is 0 Å². The van der Waals surface area contributed by atoms with Crippen LogP contribution in [0.3, 0.4) is 0 Å². The third kappa shape index (κ3) is 1.40. The molecule has 0 unspecified atom stereocenters. The lowest BCUT2D eigenvalue weighted by Gasteiger charge is -2.03. The van der Waals surface area contributed by atoms with Crippen molar-refractivity contribution in [3.05, 3.63) is 47.2 Å². The zero-order valence-electron chi connectivity index (χ0n) is 8.21. The maximum Gasteiger partial charge on any atom is 0.131 e. The fraction of sp³-hybridized carbons (Fsp3) is 0. The molecule has 0 atom stereocenters. The molecule has 0 aliphatic rings. The van der Waals surface area contributed by atoms with Crippen LogP contribution in [0.25, 0.3) is 16.7 Å². The second-order valence-electron chi connectivity index (χ2n) is 3.32. The Morgan fingerprint density at radius 3 is 2.88 bits per heavy atom. The Morgan fingerprint density at radius 2 is 2.00 bits per heavy atom. The van der Waals surface area contributed by atoms with E-state index in [0.29, 0.717) is 0 Å². The summed E-state index contributed by atoms with van der Waals surface area (Å²) in [6.07, 6.45) is 3.44. The minimum Gasteiger partial charge on any atom is -0.262 e. The zero-order valence-corrected chi connectivity index (χ0v) is 9.79. The van der Waals surface area contributed by atoms with Gasteiger partial charge >= 0.3 is 0 Å². The molecule has 0 aliphatic carbocycles. The van der Waals surface area contributed by atoms with Gasteiger partial charge in [-0.15, -0.1) is 5.10 Å². The third-order valence-corrected chi connectivity index (χ3v) is 3.00. The lowest BCUT2D eigenvalue weighted by atomic mass is 10.3. The molecule has 4 nitrogen and oxygen atoms in total. The number of hydrogen-bond acceptors (Lipinski definition) is 3. The van der Waals surface area contributed by atoms with Crippen molar-refractivity contribution in [3.8, 4) is 5.69 Å². The molecule has 2 aromatic heterocycles. The maximum absolute atomic E-state index is 4.12. The molecule has 3 aromatic rings. The molecule has 0 N–H and O–H groups in total. The maximum atomic E-state index is 4.12. The van der Waals surface area contributed by atoms with Gasteiger partial charge in [0.25, 0.3) is 0 Å². The molecule has 5 heteroatoms. The fourth-order valence-corrected chi connectivity index (χ4v) is 2.03. The highest BCUT2D eigenvalue weighted by Gasteiger charge is 2.07. The average molecular weight is 275 g/mol. The van der Waals surface area contributed by atoms with E-state index in [1.807, 2.05) is 30.3 Å². The molecule has 16 heavy (non-hydrogen) atoms. The fourth-order valence-electron chi connectivity index (χ4n) is 1.58. The highest BCUT2D eigenvalue weighted by Crippen LogP contribution is 2.22. The van der Waals surface area contributed by atoms with Crippen molar-refractivity contribution in [1.29, 1.82) is 0 Å². The van der Waals surface area contributed by atoms with Crippen molar-refractivity contribution in [3.63, 3.8) is 0 Å². The van der Waals surface area contributed by atoms with Crippen molar-refractivity contribution in [1.82, 2.24) is 20.0 Å². The van der Waals surface area contributed by atoms with Crippen LogP contribution in [0.15, 0.2) is 47.2 Å². The standard InChI is InChI=1S/C11H7BrN4/c12-8-3-1-2-4-10(8)16-11-5-6-13-7-9(11)14-15-16/h1-7H. The first-order valence-corrected chi connectivity index (χ1v) is 5.56. The average Bonchev–Trinajstić information content (AvgIpc) is 2.74. The summed E-state index contributed by atoms with van der Waals surface area (Å²) in [5.74, 6) is 0. The van der Waals surface area contributed by atoms with Crippen LogP contribution in [0.2, 0.25) is 0 Å². The summed E-state index contributed by atoms with van der Waals surface area (Å²) < 4.78 is 2.78. The second kappa shape index (κ2) is 3.68. The topological polar surface area (TPSA) is 43.6 Å². The first kappa shape index (κ1) is 9.47. The Kier molecular flexibility index (Phi) is 2.18. The van der Waals surface area contributed by atoms with Gasteiger partial charge in [-0.3, -0.25) is 4.98 Å². The molecule has 1 aromatic carbocycles. The number of para-hydroxylation sites is 1. The lowest BCUT2D eigenvalue weighted by Crippen LogP contribution is -1.97. The number of pyridine rings is 1. The van der Waals surface area contributed by atoms with Crippen LogP contribution in [0.1, 0.15) is 0 Å². The van der Waals surface area contributed by atoms with E-state index in [1.54, 1.807) is 17.1 Å². The van der Waals surface area contributed by atoms with E-state index in [1.165, 1.54) is 0 Å². The van der Waals surface area contributed by atoms with E-state index in [9.17, 15) is 0 Å². The van der Waals surface area contributed by atoms with E-state index in [-0.39, 0.29) is 0 Å². The van der Waals surface area contributed by atoms with E-state index in [2.05, 4.69) is 31.2 Å². The minimum absolute atomic E-state index is 0.790.